The van der Waals surface area contributed by atoms with Gasteiger partial charge in [0.05, 0.1) is 12.7 Å². The standard InChI is InChI=1S/C26H26ClFO5/c1-13(2)6-9-17-21(29)18(10-7-14(3)4)24-20(22(17)30)23(31)26(32-5)25(33-24)16-11-8-15(27)12-19(16)28/h6-8,11-12,29-30H,9-10H2,1-5H3. The molecule has 0 saturated heterocycles. The van der Waals surface area contributed by atoms with Gasteiger partial charge in [-0.1, -0.05) is 34.9 Å². The first-order valence-electron chi connectivity index (χ1n) is 10.4. The number of rotatable bonds is 6. The number of hydrogen-bond acceptors (Lipinski definition) is 5. The maximum absolute atomic E-state index is 14.7. The Kier molecular flexibility index (Phi) is 7.18. The number of benzene rings is 2. The second-order valence-electron chi connectivity index (χ2n) is 8.25. The zero-order valence-electron chi connectivity index (χ0n) is 19.2. The highest BCUT2D eigenvalue weighted by Crippen LogP contribution is 2.43. The van der Waals surface area contributed by atoms with Crippen LogP contribution in [0, 0.1) is 5.82 Å². The molecule has 0 saturated carbocycles. The Morgan fingerprint density at radius 1 is 1.06 bits per heavy atom. The van der Waals surface area contributed by atoms with Crippen molar-refractivity contribution in [1.82, 2.24) is 0 Å². The molecule has 3 aromatic rings. The lowest BCUT2D eigenvalue weighted by Crippen LogP contribution is -2.10. The molecule has 0 fully saturated rings. The molecule has 0 aliphatic heterocycles. The molecule has 2 aromatic carbocycles. The summed E-state index contributed by atoms with van der Waals surface area (Å²) in [6.45, 7) is 7.59. The zero-order valence-corrected chi connectivity index (χ0v) is 19.9. The van der Waals surface area contributed by atoms with Crippen molar-refractivity contribution in [3.63, 3.8) is 0 Å². The third-order valence-corrected chi connectivity index (χ3v) is 5.48. The van der Waals surface area contributed by atoms with Crippen LogP contribution in [0.1, 0.15) is 38.8 Å². The number of halogens is 2. The minimum Gasteiger partial charge on any atom is -0.507 e. The van der Waals surface area contributed by atoms with Crippen molar-refractivity contribution in [2.45, 2.75) is 40.5 Å². The van der Waals surface area contributed by atoms with E-state index in [1.165, 1.54) is 19.2 Å². The van der Waals surface area contributed by atoms with Gasteiger partial charge in [-0.15, -0.1) is 0 Å². The molecule has 0 atom stereocenters. The number of phenols is 2. The minimum atomic E-state index is -0.706. The van der Waals surface area contributed by atoms with Crippen LogP contribution in [-0.4, -0.2) is 17.3 Å². The number of allylic oxidation sites excluding steroid dienone is 4. The molecular weight excluding hydrogens is 447 g/mol. The summed E-state index contributed by atoms with van der Waals surface area (Å²) in [6.07, 6.45) is 4.16. The SMILES string of the molecule is COc1c(-c2ccc(Cl)cc2F)oc2c(CC=C(C)C)c(O)c(CC=C(C)C)c(O)c2c1=O. The molecule has 0 amide bonds. The number of methoxy groups -OCH3 is 1. The van der Waals surface area contributed by atoms with Crippen LogP contribution in [0.15, 0.2) is 50.7 Å². The zero-order chi connectivity index (χ0) is 24.4. The molecule has 33 heavy (non-hydrogen) atoms. The molecule has 0 radical (unpaired) electrons. The van der Waals surface area contributed by atoms with Crippen LogP contribution in [0.4, 0.5) is 4.39 Å². The van der Waals surface area contributed by atoms with Gasteiger partial charge in [-0.3, -0.25) is 4.79 Å². The molecule has 0 aliphatic carbocycles. The number of aromatic hydroxyl groups is 2. The Hall–Kier alpha value is -3.25. The van der Waals surface area contributed by atoms with Gasteiger partial charge in [0.2, 0.25) is 11.2 Å². The number of phenolic OH excluding ortho intramolecular Hbond substituents is 2. The monoisotopic (exact) mass is 472 g/mol. The van der Waals surface area contributed by atoms with Crippen LogP contribution in [0.5, 0.6) is 17.2 Å². The fourth-order valence-corrected chi connectivity index (χ4v) is 3.69. The van der Waals surface area contributed by atoms with E-state index in [9.17, 15) is 19.4 Å². The summed E-state index contributed by atoms with van der Waals surface area (Å²) in [6, 6.07) is 3.94. The van der Waals surface area contributed by atoms with E-state index in [-0.39, 0.29) is 57.2 Å². The summed E-state index contributed by atoms with van der Waals surface area (Å²) in [7, 11) is 1.26. The topological polar surface area (TPSA) is 79.9 Å². The van der Waals surface area contributed by atoms with Gasteiger partial charge < -0.3 is 19.4 Å². The fraction of sp³-hybridized carbons (Fsp3) is 0.269. The van der Waals surface area contributed by atoms with E-state index in [2.05, 4.69) is 0 Å². The smallest absolute Gasteiger partial charge is 0.239 e. The van der Waals surface area contributed by atoms with Crippen LogP contribution in [0.25, 0.3) is 22.3 Å². The molecular formula is C26H26ClFO5. The molecule has 1 heterocycles. The average molecular weight is 473 g/mol. The number of fused-ring (bicyclic) bond motifs is 1. The van der Waals surface area contributed by atoms with E-state index in [1.54, 1.807) is 0 Å². The number of hydrogen-bond donors (Lipinski definition) is 2. The average Bonchev–Trinajstić information content (AvgIpc) is 2.72. The predicted octanol–water partition coefficient (Wildman–Crippen LogP) is 6.69. The summed E-state index contributed by atoms with van der Waals surface area (Å²) in [5.41, 5.74) is 1.77. The van der Waals surface area contributed by atoms with Crippen LogP contribution in [0.2, 0.25) is 5.02 Å². The Bertz CT molecular complexity index is 1340. The third kappa shape index (κ3) is 4.76. The van der Waals surface area contributed by atoms with Gasteiger partial charge in [0, 0.05) is 16.1 Å². The maximum Gasteiger partial charge on any atom is 0.239 e. The van der Waals surface area contributed by atoms with Gasteiger partial charge in [-0.2, -0.15) is 0 Å². The van der Waals surface area contributed by atoms with Crippen LogP contribution >= 0.6 is 11.6 Å². The highest BCUT2D eigenvalue weighted by molar-refractivity contribution is 6.30. The Morgan fingerprint density at radius 3 is 2.21 bits per heavy atom. The Balaban J connectivity index is 2.49. The maximum atomic E-state index is 14.7. The molecule has 1 aromatic heterocycles. The first-order chi connectivity index (χ1) is 15.6. The summed E-state index contributed by atoms with van der Waals surface area (Å²) < 4.78 is 26.0. The van der Waals surface area contributed by atoms with E-state index in [1.807, 2.05) is 39.8 Å². The van der Waals surface area contributed by atoms with Gasteiger partial charge in [0.25, 0.3) is 0 Å². The Labute approximate surface area is 196 Å². The summed E-state index contributed by atoms with van der Waals surface area (Å²) >= 11 is 5.87. The molecule has 0 bridgehead atoms. The van der Waals surface area contributed by atoms with Crippen molar-refractivity contribution in [2.24, 2.45) is 0 Å². The largest absolute Gasteiger partial charge is 0.507 e. The third-order valence-electron chi connectivity index (χ3n) is 5.25. The van der Waals surface area contributed by atoms with E-state index < -0.39 is 17.0 Å². The van der Waals surface area contributed by atoms with Crippen molar-refractivity contribution >= 4 is 22.6 Å². The first-order valence-corrected chi connectivity index (χ1v) is 10.8. The molecule has 5 nitrogen and oxygen atoms in total. The van der Waals surface area contributed by atoms with Crippen LogP contribution < -0.4 is 10.2 Å². The van der Waals surface area contributed by atoms with E-state index in [0.717, 1.165) is 17.2 Å². The molecule has 2 N–H and O–H groups in total. The highest BCUT2D eigenvalue weighted by atomic mass is 35.5. The molecule has 7 heteroatoms. The quantitative estimate of drug-likeness (QED) is 0.391. The highest BCUT2D eigenvalue weighted by Gasteiger charge is 2.27. The molecule has 0 unspecified atom stereocenters. The van der Waals surface area contributed by atoms with E-state index in [0.29, 0.717) is 5.56 Å². The number of ether oxygens (including phenoxy) is 1. The van der Waals surface area contributed by atoms with Crippen LogP contribution in [0.3, 0.4) is 0 Å². The van der Waals surface area contributed by atoms with Crippen molar-refractivity contribution in [1.29, 1.82) is 0 Å². The normalized spacial score (nSPS) is 10.9. The lowest BCUT2D eigenvalue weighted by Gasteiger charge is -2.16. The van der Waals surface area contributed by atoms with Gasteiger partial charge in [0.1, 0.15) is 28.3 Å². The van der Waals surface area contributed by atoms with Crippen molar-refractivity contribution in [2.75, 3.05) is 7.11 Å². The molecule has 3 rings (SSSR count). The summed E-state index contributed by atoms with van der Waals surface area (Å²) in [5, 5.41) is 22.1. The lowest BCUT2D eigenvalue weighted by molar-refractivity contribution is 0.395. The Morgan fingerprint density at radius 2 is 1.67 bits per heavy atom. The molecule has 174 valence electrons. The first kappa shape index (κ1) is 24.4. The van der Waals surface area contributed by atoms with Crippen LogP contribution in [-0.2, 0) is 12.8 Å². The van der Waals surface area contributed by atoms with Gasteiger partial charge in [0.15, 0.2) is 5.76 Å². The van der Waals surface area contributed by atoms with Gasteiger partial charge >= 0.3 is 0 Å². The fourth-order valence-electron chi connectivity index (χ4n) is 3.53. The van der Waals surface area contributed by atoms with E-state index in [4.69, 9.17) is 20.8 Å². The predicted molar refractivity (Wildman–Crippen MR) is 129 cm³/mol. The van der Waals surface area contributed by atoms with Crippen molar-refractivity contribution in [3.05, 3.63) is 73.7 Å². The van der Waals surface area contributed by atoms with Crippen molar-refractivity contribution in [3.8, 4) is 28.6 Å². The van der Waals surface area contributed by atoms with Gasteiger partial charge in [-0.05, 0) is 58.7 Å². The summed E-state index contributed by atoms with van der Waals surface area (Å²) in [4.78, 5) is 13.4. The lowest BCUT2D eigenvalue weighted by atomic mass is 9.96. The minimum absolute atomic E-state index is 0.0291. The molecule has 0 aliphatic rings. The molecule has 0 spiro atoms. The second kappa shape index (κ2) is 9.71. The van der Waals surface area contributed by atoms with Gasteiger partial charge in [-0.25, -0.2) is 4.39 Å². The summed E-state index contributed by atoms with van der Waals surface area (Å²) in [5.74, 6) is -1.69. The second-order valence-corrected chi connectivity index (χ2v) is 8.68. The van der Waals surface area contributed by atoms with E-state index >= 15 is 0 Å². The van der Waals surface area contributed by atoms with Crippen molar-refractivity contribution < 1.29 is 23.8 Å².